The molecule has 1 fully saturated rings. The van der Waals surface area contributed by atoms with Gasteiger partial charge in [0.1, 0.15) is 12.1 Å². The first-order valence-electron chi connectivity index (χ1n) is 9.21. The van der Waals surface area contributed by atoms with E-state index in [0.717, 1.165) is 5.56 Å². The van der Waals surface area contributed by atoms with Gasteiger partial charge in [-0.05, 0) is 31.2 Å². The Hall–Kier alpha value is -2.94. The summed E-state index contributed by atoms with van der Waals surface area (Å²) in [4.78, 5) is 49.1. The number of nitrogens with two attached hydrogens (primary N) is 2. The third-order valence-corrected chi connectivity index (χ3v) is 4.75. The minimum absolute atomic E-state index is 0.0131. The Labute approximate surface area is 163 Å². The lowest BCUT2D eigenvalue weighted by Crippen LogP contribution is -2.55. The van der Waals surface area contributed by atoms with Crippen molar-refractivity contribution in [1.29, 1.82) is 0 Å². The van der Waals surface area contributed by atoms with Crippen molar-refractivity contribution in [2.75, 3.05) is 6.54 Å². The Morgan fingerprint density at radius 3 is 2.50 bits per heavy atom. The Kier molecular flexibility index (Phi) is 7.51. The van der Waals surface area contributed by atoms with E-state index in [0.29, 0.717) is 12.8 Å². The zero-order valence-corrected chi connectivity index (χ0v) is 15.5. The Morgan fingerprint density at radius 2 is 1.89 bits per heavy atom. The molecule has 0 spiro atoms. The van der Waals surface area contributed by atoms with E-state index in [2.05, 4.69) is 5.32 Å². The second-order valence-corrected chi connectivity index (χ2v) is 6.89. The molecule has 152 valence electrons. The van der Waals surface area contributed by atoms with Crippen molar-refractivity contribution in [3.63, 3.8) is 0 Å². The first-order valence-corrected chi connectivity index (χ1v) is 9.21. The van der Waals surface area contributed by atoms with Crippen LogP contribution in [0.1, 0.15) is 31.2 Å². The average molecular weight is 390 g/mol. The van der Waals surface area contributed by atoms with E-state index in [9.17, 15) is 24.3 Å². The molecule has 6 N–H and O–H groups in total. The van der Waals surface area contributed by atoms with Crippen LogP contribution < -0.4 is 16.8 Å². The minimum Gasteiger partial charge on any atom is -0.480 e. The maximum atomic E-state index is 12.8. The highest BCUT2D eigenvalue weighted by Crippen LogP contribution is 2.19. The van der Waals surface area contributed by atoms with Gasteiger partial charge in [0.2, 0.25) is 17.7 Å². The van der Waals surface area contributed by atoms with Gasteiger partial charge in [0.15, 0.2) is 0 Å². The van der Waals surface area contributed by atoms with Gasteiger partial charge in [-0.15, -0.1) is 0 Å². The van der Waals surface area contributed by atoms with E-state index in [1.165, 1.54) is 4.90 Å². The first-order chi connectivity index (χ1) is 13.3. The van der Waals surface area contributed by atoms with E-state index in [1.807, 2.05) is 30.3 Å². The number of carbonyl (C=O) groups is 4. The third-order valence-electron chi connectivity index (χ3n) is 4.75. The molecule has 0 unspecified atom stereocenters. The summed E-state index contributed by atoms with van der Waals surface area (Å²) in [7, 11) is 0. The van der Waals surface area contributed by atoms with Gasteiger partial charge in [0.25, 0.3) is 0 Å². The molecule has 0 aromatic heterocycles. The molecule has 9 heteroatoms. The van der Waals surface area contributed by atoms with Crippen LogP contribution in [0.4, 0.5) is 0 Å². The quantitative estimate of drug-likeness (QED) is 0.440. The molecule has 0 radical (unpaired) electrons. The maximum Gasteiger partial charge on any atom is 0.326 e. The van der Waals surface area contributed by atoms with Gasteiger partial charge in [0, 0.05) is 13.0 Å². The number of hydrogen-bond acceptors (Lipinski definition) is 5. The Balaban J connectivity index is 2.06. The number of carbonyl (C=O) groups excluding carboxylic acids is 3. The fraction of sp³-hybridized carbons (Fsp3) is 0.474. The molecular formula is C19H26N4O5. The molecular weight excluding hydrogens is 364 g/mol. The van der Waals surface area contributed by atoms with Gasteiger partial charge in [0.05, 0.1) is 6.04 Å². The number of amides is 3. The number of rotatable bonds is 9. The van der Waals surface area contributed by atoms with Gasteiger partial charge < -0.3 is 26.8 Å². The van der Waals surface area contributed by atoms with Crippen LogP contribution in [0.3, 0.4) is 0 Å². The second kappa shape index (κ2) is 9.84. The lowest BCUT2D eigenvalue weighted by molar-refractivity contribution is -0.149. The maximum absolute atomic E-state index is 12.8. The molecule has 0 bridgehead atoms. The molecule has 3 amide bonds. The van der Waals surface area contributed by atoms with E-state index in [1.54, 1.807) is 0 Å². The number of nitrogens with zero attached hydrogens (tertiary/aromatic N) is 1. The minimum atomic E-state index is -1.09. The number of aliphatic carboxylic acids is 1. The van der Waals surface area contributed by atoms with Crippen molar-refractivity contribution in [3.8, 4) is 0 Å². The summed E-state index contributed by atoms with van der Waals surface area (Å²) in [6.07, 6.45) is 1.07. The third kappa shape index (κ3) is 5.78. The normalized spacial score (nSPS) is 18.3. The van der Waals surface area contributed by atoms with Gasteiger partial charge in [-0.3, -0.25) is 14.4 Å². The summed E-state index contributed by atoms with van der Waals surface area (Å²) in [5.74, 6) is -2.78. The lowest BCUT2D eigenvalue weighted by Gasteiger charge is -2.28. The summed E-state index contributed by atoms with van der Waals surface area (Å²) in [6.45, 7) is 0.287. The molecule has 1 aromatic rings. The van der Waals surface area contributed by atoms with Crippen molar-refractivity contribution >= 4 is 23.7 Å². The van der Waals surface area contributed by atoms with Crippen LogP contribution in [0, 0.1) is 0 Å². The molecule has 0 saturated carbocycles. The number of hydrogen-bond donors (Lipinski definition) is 4. The molecule has 1 saturated heterocycles. The van der Waals surface area contributed by atoms with Crippen molar-refractivity contribution < 1.29 is 24.3 Å². The van der Waals surface area contributed by atoms with Crippen LogP contribution in [0.25, 0.3) is 0 Å². The highest BCUT2D eigenvalue weighted by atomic mass is 16.4. The molecule has 0 aliphatic carbocycles. The molecule has 3 atom stereocenters. The molecule has 2 rings (SSSR count). The zero-order chi connectivity index (χ0) is 20.7. The number of nitrogens with one attached hydrogen (secondary N) is 1. The van der Waals surface area contributed by atoms with Crippen LogP contribution >= 0.6 is 0 Å². The predicted molar refractivity (Wildman–Crippen MR) is 101 cm³/mol. The first kappa shape index (κ1) is 21.4. The second-order valence-electron chi connectivity index (χ2n) is 6.89. The fourth-order valence-corrected chi connectivity index (χ4v) is 3.27. The van der Waals surface area contributed by atoms with Crippen molar-refractivity contribution in [2.24, 2.45) is 11.5 Å². The van der Waals surface area contributed by atoms with Crippen LogP contribution in [-0.2, 0) is 25.6 Å². The number of carboxylic acid groups (broad SMARTS) is 1. The summed E-state index contributed by atoms with van der Waals surface area (Å²) in [5, 5.41) is 11.9. The van der Waals surface area contributed by atoms with Gasteiger partial charge in [-0.25, -0.2) is 4.79 Å². The molecule has 1 aromatic carbocycles. The highest BCUT2D eigenvalue weighted by Gasteiger charge is 2.37. The Morgan fingerprint density at radius 1 is 1.21 bits per heavy atom. The SMILES string of the molecule is NC(=O)CC[C@H](NC(=O)[C@@H](N)Cc1ccccc1)C(=O)N1CCC[C@H]1C(=O)O. The van der Waals surface area contributed by atoms with E-state index < -0.39 is 41.8 Å². The summed E-state index contributed by atoms with van der Waals surface area (Å²) in [5.41, 5.74) is 12.0. The van der Waals surface area contributed by atoms with Crippen LogP contribution in [0.2, 0.25) is 0 Å². The molecule has 28 heavy (non-hydrogen) atoms. The smallest absolute Gasteiger partial charge is 0.326 e. The zero-order valence-electron chi connectivity index (χ0n) is 15.5. The van der Waals surface area contributed by atoms with E-state index in [-0.39, 0.29) is 25.8 Å². The van der Waals surface area contributed by atoms with Gasteiger partial charge in [-0.1, -0.05) is 30.3 Å². The van der Waals surface area contributed by atoms with Crippen LogP contribution in [-0.4, -0.2) is 58.4 Å². The topological polar surface area (TPSA) is 156 Å². The molecule has 9 nitrogen and oxygen atoms in total. The predicted octanol–water partition coefficient (Wildman–Crippen LogP) is -0.618. The summed E-state index contributed by atoms with van der Waals surface area (Å²) >= 11 is 0. The fourth-order valence-electron chi connectivity index (χ4n) is 3.27. The monoisotopic (exact) mass is 390 g/mol. The van der Waals surface area contributed by atoms with Gasteiger partial charge >= 0.3 is 5.97 Å². The largest absolute Gasteiger partial charge is 0.480 e. The highest BCUT2D eigenvalue weighted by molar-refractivity contribution is 5.92. The summed E-state index contributed by atoms with van der Waals surface area (Å²) < 4.78 is 0. The molecule has 1 aliphatic heterocycles. The van der Waals surface area contributed by atoms with Crippen molar-refractivity contribution in [1.82, 2.24) is 10.2 Å². The average Bonchev–Trinajstić information content (AvgIpc) is 3.15. The van der Waals surface area contributed by atoms with Crippen molar-refractivity contribution in [3.05, 3.63) is 35.9 Å². The number of carboxylic acids is 1. The van der Waals surface area contributed by atoms with Crippen LogP contribution in [0.15, 0.2) is 30.3 Å². The standard InChI is InChI=1S/C19H26N4O5/c20-13(11-12-5-2-1-3-6-12)17(25)22-14(8-9-16(21)24)18(26)23-10-4-7-15(23)19(27)28/h1-3,5-6,13-15H,4,7-11,20H2,(H2,21,24)(H,22,25)(H,27,28)/t13-,14-,15-/m0/s1. The van der Waals surface area contributed by atoms with Gasteiger partial charge in [-0.2, -0.15) is 0 Å². The number of primary amides is 1. The number of benzene rings is 1. The number of likely N-dealkylation sites (tertiary alicyclic amines) is 1. The summed E-state index contributed by atoms with van der Waals surface area (Å²) in [6, 6.07) is 6.31. The van der Waals surface area contributed by atoms with Crippen LogP contribution in [0.5, 0.6) is 0 Å². The molecule has 1 heterocycles. The van der Waals surface area contributed by atoms with Crippen molar-refractivity contribution in [2.45, 2.75) is 50.2 Å². The lowest BCUT2D eigenvalue weighted by atomic mass is 10.0. The van der Waals surface area contributed by atoms with E-state index in [4.69, 9.17) is 11.5 Å². The molecule has 1 aliphatic rings. The van der Waals surface area contributed by atoms with E-state index >= 15 is 0 Å². The Bertz CT molecular complexity index is 724.